The number of piperazine rings is 1. The molecule has 2 nitrogen and oxygen atoms in total. The Balaban J connectivity index is 1.34. The Hall–Kier alpha value is -1.07. The van der Waals surface area contributed by atoms with Crippen molar-refractivity contribution < 1.29 is 0 Å². The van der Waals surface area contributed by atoms with Crippen molar-refractivity contribution in [2.45, 2.75) is 19.4 Å². The quantitative estimate of drug-likeness (QED) is 0.487. The molecule has 2 aromatic rings. The molecule has 1 aliphatic rings. The van der Waals surface area contributed by atoms with E-state index in [1.807, 2.05) is 23.9 Å². The number of thiocarbonyl (C=S) groups is 1. The van der Waals surface area contributed by atoms with Gasteiger partial charge in [-0.25, -0.2) is 0 Å². The van der Waals surface area contributed by atoms with Gasteiger partial charge in [0.2, 0.25) is 0 Å². The fraction of sp³-hybridized carbons (Fsp3) is 0.381. The van der Waals surface area contributed by atoms with Crippen molar-refractivity contribution >= 4 is 39.9 Å². The Bertz CT molecular complexity index is 700. The van der Waals surface area contributed by atoms with E-state index in [1.54, 1.807) is 0 Å². The van der Waals surface area contributed by atoms with Crippen molar-refractivity contribution in [2.75, 3.05) is 31.9 Å². The molecule has 138 valence electrons. The summed E-state index contributed by atoms with van der Waals surface area (Å²) in [7, 11) is 0. The van der Waals surface area contributed by atoms with Crippen LogP contribution in [-0.2, 0) is 13.0 Å². The van der Waals surface area contributed by atoms with Gasteiger partial charge in [0.1, 0.15) is 4.32 Å². The highest BCUT2D eigenvalue weighted by Gasteiger charge is 2.19. The molecule has 0 amide bonds. The minimum atomic E-state index is 0.814. The third-order valence-electron chi connectivity index (χ3n) is 4.60. The number of hydrogen-bond acceptors (Lipinski definition) is 3. The van der Waals surface area contributed by atoms with Crippen molar-refractivity contribution in [3.63, 3.8) is 0 Å². The number of thioether (sulfide) groups is 1. The largest absolute Gasteiger partial charge is 0.355 e. The van der Waals surface area contributed by atoms with Gasteiger partial charge < -0.3 is 4.90 Å². The lowest BCUT2D eigenvalue weighted by Gasteiger charge is -2.36. The fourth-order valence-corrected chi connectivity index (χ4v) is 4.63. The zero-order valence-electron chi connectivity index (χ0n) is 14.9. The maximum Gasteiger partial charge on any atom is 0.136 e. The zero-order valence-corrected chi connectivity index (χ0v) is 17.3. The number of benzene rings is 2. The molecule has 0 aliphatic carbocycles. The third-order valence-corrected chi connectivity index (χ3v) is 6.45. The maximum atomic E-state index is 6.08. The summed E-state index contributed by atoms with van der Waals surface area (Å²) in [6.45, 7) is 5.11. The van der Waals surface area contributed by atoms with Crippen LogP contribution in [0.2, 0.25) is 5.02 Å². The molecule has 5 heteroatoms. The number of aryl methyl sites for hydroxylation is 1. The van der Waals surface area contributed by atoms with Crippen molar-refractivity contribution in [3.05, 3.63) is 70.7 Å². The van der Waals surface area contributed by atoms with E-state index in [0.29, 0.717) is 0 Å². The summed E-state index contributed by atoms with van der Waals surface area (Å²) < 4.78 is 1.06. The molecule has 1 fully saturated rings. The molecular weight excluding hydrogens is 380 g/mol. The first-order valence-electron chi connectivity index (χ1n) is 9.13. The van der Waals surface area contributed by atoms with Crippen LogP contribution in [0.5, 0.6) is 0 Å². The minimum absolute atomic E-state index is 0.814. The van der Waals surface area contributed by atoms with Gasteiger partial charge in [0.25, 0.3) is 0 Å². The molecule has 1 saturated heterocycles. The predicted octanol–water partition coefficient (Wildman–Crippen LogP) is 5.11. The topological polar surface area (TPSA) is 6.48 Å². The standard InChI is InChI=1S/C21H25ClN2S2/c22-20-10-4-8-19(16-20)17-23-11-13-24(14-12-23)21(25)26-15-5-9-18-6-2-1-3-7-18/h1-4,6-8,10,16H,5,9,11-15,17H2. The molecule has 0 spiro atoms. The van der Waals surface area contributed by atoms with Gasteiger partial charge in [0.15, 0.2) is 0 Å². The fourth-order valence-electron chi connectivity index (χ4n) is 3.15. The Morgan fingerprint density at radius 1 is 0.962 bits per heavy atom. The zero-order chi connectivity index (χ0) is 18.2. The summed E-state index contributed by atoms with van der Waals surface area (Å²) in [6, 6.07) is 18.8. The first-order valence-corrected chi connectivity index (χ1v) is 10.9. The summed E-state index contributed by atoms with van der Waals surface area (Å²) in [5.41, 5.74) is 2.69. The molecular formula is C21H25ClN2S2. The monoisotopic (exact) mass is 404 g/mol. The van der Waals surface area contributed by atoms with E-state index in [9.17, 15) is 0 Å². The lowest BCUT2D eigenvalue weighted by Crippen LogP contribution is -2.47. The highest BCUT2D eigenvalue weighted by atomic mass is 35.5. The van der Waals surface area contributed by atoms with Gasteiger partial charge in [-0.3, -0.25) is 4.90 Å². The lowest BCUT2D eigenvalue weighted by atomic mass is 10.1. The summed E-state index contributed by atoms with van der Waals surface area (Å²) in [4.78, 5) is 4.84. The van der Waals surface area contributed by atoms with E-state index in [1.165, 1.54) is 17.5 Å². The van der Waals surface area contributed by atoms with Crippen molar-refractivity contribution in [1.82, 2.24) is 9.80 Å². The number of hydrogen-bond donors (Lipinski definition) is 0. The Morgan fingerprint density at radius 2 is 1.69 bits per heavy atom. The van der Waals surface area contributed by atoms with Crippen LogP contribution < -0.4 is 0 Å². The van der Waals surface area contributed by atoms with Gasteiger partial charge in [-0.05, 0) is 36.1 Å². The molecule has 0 N–H and O–H groups in total. The van der Waals surface area contributed by atoms with Crippen LogP contribution in [0.1, 0.15) is 17.5 Å². The molecule has 0 atom stereocenters. The van der Waals surface area contributed by atoms with E-state index in [-0.39, 0.29) is 0 Å². The smallest absolute Gasteiger partial charge is 0.136 e. The number of rotatable bonds is 6. The van der Waals surface area contributed by atoms with Crippen molar-refractivity contribution in [2.24, 2.45) is 0 Å². The second-order valence-electron chi connectivity index (χ2n) is 6.60. The van der Waals surface area contributed by atoms with Gasteiger partial charge >= 0.3 is 0 Å². The average molecular weight is 405 g/mol. The molecule has 2 aromatic carbocycles. The van der Waals surface area contributed by atoms with Gasteiger partial charge in [-0.1, -0.05) is 78.0 Å². The van der Waals surface area contributed by atoms with Crippen LogP contribution in [0, 0.1) is 0 Å². The van der Waals surface area contributed by atoms with E-state index in [0.717, 1.165) is 54.2 Å². The molecule has 3 rings (SSSR count). The summed E-state index contributed by atoms with van der Waals surface area (Å²) in [5.74, 6) is 1.09. The first kappa shape index (κ1) is 19.7. The van der Waals surface area contributed by atoms with Gasteiger partial charge in [0.05, 0.1) is 0 Å². The summed E-state index contributed by atoms with van der Waals surface area (Å²) >= 11 is 13.6. The van der Waals surface area contributed by atoms with E-state index in [2.05, 4.69) is 52.3 Å². The Kier molecular flexibility index (Phi) is 7.81. The van der Waals surface area contributed by atoms with Crippen LogP contribution in [0.25, 0.3) is 0 Å². The van der Waals surface area contributed by atoms with Crippen molar-refractivity contribution in [1.29, 1.82) is 0 Å². The molecule has 0 saturated carbocycles. The lowest BCUT2D eigenvalue weighted by molar-refractivity contribution is 0.179. The van der Waals surface area contributed by atoms with Crippen LogP contribution in [-0.4, -0.2) is 46.1 Å². The average Bonchev–Trinajstić information content (AvgIpc) is 2.66. The summed E-state index contributed by atoms with van der Waals surface area (Å²) in [6.07, 6.45) is 2.30. The van der Waals surface area contributed by atoms with Crippen LogP contribution in [0.15, 0.2) is 54.6 Å². The highest BCUT2D eigenvalue weighted by molar-refractivity contribution is 8.22. The van der Waals surface area contributed by atoms with Gasteiger partial charge in [0, 0.05) is 43.5 Å². The highest BCUT2D eigenvalue weighted by Crippen LogP contribution is 2.17. The molecule has 0 radical (unpaired) electrons. The molecule has 0 unspecified atom stereocenters. The number of halogens is 1. The normalized spacial score (nSPS) is 15.2. The second-order valence-corrected chi connectivity index (χ2v) is 8.76. The van der Waals surface area contributed by atoms with E-state index >= 15 is 0 Å². The first-order chi connectivity index (χ1) is 12.7. The molecule has 1 heterocycles. The molecule has 1 aliphatic heterocycles. The van der Waals surface area contributed by atoms with Gasteiger partial charge in [-0.2, -0.15) is 0 Å². The SMILES string of the molecule is S=C(SCCCc1ccccc1)N1CCN(Cc2cccc(Cl)c2)CC1. The number of nitrogens with zero attached hydrogens (tertiary/aromatic N) is 2. The Morgan fingerprint density at radius 3 is 2.42 bits per heavy atom. The maximum absolute atomic E-state index is 6.08. The molecule has 26 heavy (non-hydrogen) atoms. The second kappa shape index (κ2) is 10.3. The van der Waals surface area contributed by atoms with Gasteiger partial charge in [-0.15, -0.1) is 0 Å². The van der Waals surface area contributed by atoms with E-state index < -0.39 is 0 Å². The minimum Gasteiger partial charge on any atom is -0.355 e. The van der Waals surface area contributed by atoms with Crippen molar-refractivity contribution in [3.8, 4) is 0 Å². The summed E-state index contributed by atoms with van der Waals surface area (Å²) in [5, 5.41) is 0.814. The van der Waals surface area contributed by atoms with Crippen LogP contribution in [0.3, 0.4) is 0 Å². The Labute approximate surface area is 171 Å². The van der Waals surface area contributed by atoms with Crippen LogP contribution >= 0.6 is 35.6 Å². The molecule has 0 aromatic heterocycles. The molecule has 0 bridgehead atoms. The van der Waals surface area contributed by atoms with E-state index in [4.69, 9.17) is 23.8 Å². The third kappa shape index (κ3) is 6.27. The van der Waals surface area contributed by atoms with Crippen LogP contribution in [0.4, 0.5) is 0 Å². The predicted molar refractivity (Wildman–Crippen MR) is 118 cm³/mol.